The van der Waals surface area contributed by atoms with Crippen LogP contribution in [0.25, 0.3) is 0 Å². The molecule has 0 aromatic heterocycles. The van der Waals surface area contributed by atoms with Gasteiger partial charge >= 0.3 is 0 Å². The third-order valence-electron chi connectivity index (χ3n) is 0.358. The van der Waals surface area contributed by atoms with Gasteiger partial charge in [-0.2, -0.15) is 9.99 Å². The fraction of sp³-hybridized carbons (Fsp3) is 0.500. The van der Waals surface area contributed by atoms with Crippen LogP contribution >= 0.6 is 0 Å². The Kier molecular flexibility index (Phi) is 5.41. The SMILES string of the molecule is C=N/N=C/OOCC. The summed E-state index contributed by atoms with van der Waals surface area (Å²) in [6.07, 6.45) is 1.07. The molecule has 0 aromatic carbocycles. The van der Waals surface area contributed by atoms with Crippen molar-refractivity contribution in [3.8, 4) is 0 Å². The molecule has 0 atom stereocenters. The molecule has 0 rings (SSSR count). The number of rotatable bonds is 4. The minimum Gasteiger partial charge on any atom is -0.323 e. The monoisotopic (exact) mass is 116 g/mol. The van der Waals surface area contributed by atoms with E-state index in [9.17, 15) is 0 Å². The van der Waals surface area contributed by atoms with Crippen LogP contribution in [0.3, 0.4) is 0 Å². The van der Waals surface area contributed by atoms with Crippen LogP contribution in [-0.2, 0) is 9.78 Å². The molecule has 0 heterocycles. The first-order valence-electron chi connectivity index (χ1n) is 2.17. The molecular weight excluding hydrogens is 108 g/mol. The zero-order valence-electron chi connectivity index (χ0n) is 4.70. The number of hydrogen-bond donors (Lipinski definition) is 0. The molecule has 0 N–H and O–H groups in total. The molecule has 0 aromatic rings. The molecule has 0 aliphatic heterocycles. The van der Waals surface area contributed by atoms with E-state index < -0.39 is 0 Å². The molecule has 0 aliphatic rings. The quantitative estimate of drug-likeness (QED) is 0.177. The van der Waals surface area contributed by atoms with Gasteiger partial charge in [0.1, 0.15) is 0 Å². The summed E-state index contributed by atoms with van der Waals surface area (Å²) in [6.45, 7) is 5.36. The maximum Gasteiger partial charge on any atom is 0.239 e. The van der Waals surface area contributed by atoms with Crippen molar-refractivity contribution in [1.29, 1.82) is 0 Å². The van der Waals surface area contributed by atoms with Crippen LogP contribution in [-0.4, -0.2) is 19.7 Å². The largest absolute Gasteiger partial charge is 0.323 e. The predicted molar refractivity (Wildman–Crippen MR) is 30.8 cm³/mol. The van der Waals surface area contributed by atoms with Gasteiger partial charge in [-0.15, -0.1) is 5.10 Å². The van der Waals surface area contributed by atoms with Crippen LogP contribution in [0.15, 0.2) is 10.2 Å². The lowest BCUT2D eigenvalue weighted by atomic mass is 10.9. The summed E-state index contributed by atoms with van der Waals surface area (Å²) in [5.74, 6) is 0. The number of nitrogens with zero attached hydrogens (tertiary/aromatic N) is 2. The molecule has 0 saturated heterocycles. The van der Waals surface area contributed by atoms with Gasteiger partial charge in [-0.3, -0.25) is 0 Å². The Morgan fingerprint density at radius 3 is 3.00 bits per heavy atom. The van der Waals surface area contributed by atoms with Crippen molar-refractivity contribution in [3.63, 3.8) is 0 Å². The molecule has 0 saturated carbocycles. The van der Waals surface area contributed by atoms with Crippen LogP contribution < -0.4 is 0 Å². The van der Waals surface area contributed by atoms with Gasteiger partial charge < -0.3 is 4.89 Å². The van der Waals surface area contributed by atoms with E-state index in [1.165, 1.54) is 0 Å². The second-order valence-corrected chi connectivity index (χ2v) is 0.865. The lowest BCUT2D eigenvalue weighted by Crippen LogP contribution is -1.88. The minimum atomic E-state index is 0.489. The van der Waals surface area contributed by atoms with Gasteiger partial charge in [0, 0.05) is 6.72 Å². The summed E-state index contributed by atoms with van der Waals surface area (Å²) in [5, 5.41) is 6.37. The van der Waals surface area contributed by atoms with Crippen LogP contribution in [0.2, 0.25) is 0 Å². The highest BCUT2D eigenvalue weighted by molar-refractivity contribution is 5.45. The summed E-state index contributed by atoms with van der Waals surface area (Å²) in [5.41, 5.74) is 0. The summed E-state index contributed by atoms with van der Waals surface area (Å²) >= 11 is 0. The molecule has 0 unspecified atom stereocenters. The summed E-state index contributed by atoms with van der Waals surface area (Å²) in [7, 11) is 0. The third-order valence-corrected chi connectivity index (χ3v) is 0.358. The molecular formula is C4H8N2O2. The van der Waals surface area contributed by atoms with E-state index in [0.29, 0.717) is 6.61 Å². The van der Waals surface area contributed by atoms with Gasteiger partial charge in [-0.05, 0) is 6.92 Å². The van der Waals surface area contributed by atoms with Gasteiger partial charge in [-0.1, -0.05) is 0 Å². The Bertz CT molecular complexity index is 82.1. The van der Waals surface area contributed by atoms with Crippen molar-refractivity contribution >= 4 is 13.1 Å². The average Bonchev–Trinajstić information content (AvgIpc) is 1.81. The molecule has 8 heavy (non-hydrogen) atoms. The highest BCUT2D eigenvalue weighted by Crippen LogP contribution is 1.71. The fourth-order valence-corrected chi connectivity index (χ4v) is 0.151. The molecule has 0 radical (unpaired) electrons. The van der Waals surface area contributed by atoms with Crippen molar-refractivity contribution in [2.45, 2.75) is 6.92 Å². The zero-order valence-corrected chi connectivity index (χ0v) is 4.70. The van der Waals surface area contributed by atoms with Crippen molar-refractivity contribution in [2.24, 2.45) is 10.2 Å². The van der Waals surface area contributed by atoms with Crippen LogP contribution in [0, 0.1) is 0 Å². The maximum absolute atomic E-state index is 4.40. The third kappa shape index (κ3) is 5.10. The van der Waals surface area contributed by atoms with E-state index in [0.717, 1.165) is 6.40 Å². The Labute approximate surface area is 47.8 Å². The Morgan fingerprint density at radius 1 is 1.75 bits per heavy atom. The first-order chi connectivity index (χ1) is 3.91. The lowest BCUT2D eigenvalue weighted by Gasteiger charge is -1.90. The first-order valence-corrected chi connectivity index (χ1v) is 2.17. The Hall–Kier alpha value is -0.900. The highest BCUT2D eigenvalue weighted by atomic mass is 17.2. The summed E-state index contributed by atoms with van der Waals surface area (Å²) in [4.78, 5) is 8.70. The van der Waals surface area contributed by atoms with Gasteiger partial charge in [0.15, 0.2) is 0 Å². The van der Waals surface area contributed by atoms with E-state index in [2.05, 4.69) is 26.7 Å². The molecule has 0 fully saturated rings. The predicted octanol–water partition coefficient (Wildman–Crippen LogP) is 0.598. The van der Waals surface area contributed by atoms with Crippen molar-refractivity contribution in [3.05, 3.63) is 0 Å². The lowest BCUT2D eigenvalue weighted by molar-refractivity contribution is -0.211. The van der Waals surface area contributed by atoms with E-state index in [4.69, 9.17) is 0 Å². The second kappa shape index (κ2) is 6.10. The standard InChI is InChI=1S/C4H8N2O2/c1-3-7-8-4-6-5-2/h4H,2-3H2,1H3/b6-4+. The van der Waals surface area contributed by atoms with Gasteiger partial charge in [0.2, 0.25) is 6.40 Å². The van der Waals surface area contributed by atoms with Crippen LogP contribution in [0.5, 0.6) is 0 Å². The highest BCUT2D eigenvalue weighted by Gasteiger charge is 1.71. The fourth-order valence-electron chi connectivity index (χ4n) is 0.151. The van der Waals surface area contributed by atoms with E-state index >= 15 is 0 Å². The van der Waals surface area contributed by atoms with Crippen molar-refractivity contribution in [1.82, 2.24) is 0 Å². The molecule has 0 aliphatic carbocycles. The second-order valence-electron chi connectivity index (χ2n) is 0.865. The van der Waals surface area contributed by atoms with Crippen molar-refractivity contribution < 1.29 is 9.78 Å². The maximum atomic E-state index is 4.40. The van der Waals surface area contributed by atoms with Crippen molar-refractivity contribution in [2.75, 3.05) is 6.61 Å². The van der Waals surface area contributed by atoms with E-state index in [1.807, 2.05) is 0 Å². The Balaban J connectivity index is 2.91. The average molecular weight is 116 g/mol. The summed E-state index contributed by atoms with van der Waals surface area (Å²) < 4.78 is 0. The van der Waals surface area contributed by atoms with E-state index in [-0.39, 0.29) is 0 Å². The smallest absolute Gasteiger partial charge is 0.239 e. The molecule has 4 heteroatoms. The molecule has 0 amide bonds. The molecule has 4 nitrogen and oxygen atoms in total. The zero-order chi connectivity index (χ0) is 6.24. The number of hydrogen-bond acceptors (Lipinski definition) is 4. The molecule has 46 valence electrons. The van der Waals surface area contributed by atoms with Gasteiger partial charge in [-0.25, -0.2) is 0 Å². The van der Waals surface area contributed by atoms with Crippen LogP contribution in [0.1, 0.15) is 6.92 Å². The Morgan fingerprint density at radius 2 is 2.50 bits per heavy atom. The molecule has 0 bridgehead atoms. The summed E-state index contributed by atoms with van der Waals surface area (Å²) in [6, 6.07) is 0. The topological polar surface area (TPSA) is 43.2 Å². The van der Waals surface area contributed by atoms with E-state index in [1.54, 1.807) is 6.92 Å². The van der Waals surface area contributed by atoms with Crippen LogP contribution in [0.4, 0.5) is 0 Å². The van der Waals surface area contributed by atoms with Gasteiger partial charge in [0.25, 0.3) is 0 Å². The normalized spacial score (nSPS) is 9.62. The first kappa shape index (κ1) is 7.10. The minimum absolute atomic E-state index is 0.489. The molecule has 0 spiro atoms. The van der Waals surface area contributed by atoms with Gasteiger partial charge in [0.05, 0.1) is 6.61 Å².